The van der Waals surface area contributed by atoms with Gasteiger partial charge in [-0.25, -0.2) is 8.78 Å². The Morgan fingerprint density at radius 1 is 1.69 bits per heavy atom. The summed E-state index contributed by atoms with van der Waals surface area (Å²) in [6, 6.07) is 0. The summed E-state index contributed by atoms with van der Waals surface area (Å²) in [5.74, 6) is -0.413. The predicted molar refractivity (Wildman–Crippen MR) is 42.5 cm³/mol. The summed E-state index contributed by atoms with van der Waals surface area (Å²) in [6.45, 7) is 0.280. The molecule has 1 amide bonds. The van der Waals surface area contributed by atoms with Crippen LogP contribution in [-0.4, -0.2) is 32.1 Å². The zero-order chi connectivity index (χ0) is 9.68. The molecule has 0 bridgehead atoms. The molecule has 0 saturated heterocycles. The van der Waals surface area contributed by atoms with Gasteiger partial charge in [0.2, 0.25) is 5.91 Å². The van der Waals surface area contributed by atoms with Gasteiger partial charge in [-0.05, 0) is 0 Å². The molecule has 0 unspecified atom stereocenters. The van der Waals surface area contributed by atoms with E-state index in [-0.39, 0.29) is 0 Å². The van der Waals surface area contributed by atoms with E-state index < -0.39 is 18.9 Å². The number of carbonyl (C=O) groups excluding carboxylic acids is 1. The Bertz CT molecular complexity index is 216. The number of amides is 1. The summed E-state index contributed by atoms with van der Waals surface area (Å²) >= 11 is 0. The van der Waals surface area contributed by atoms with Crippen LogP contribution in [0.15, 0.2) is 11.6 Å². The number of halogens is 2. The van der Waals surface area contributed by atoms with Crippen LogP contribution in [0.4, 0.5) is 8.78 Å². The smallest absolute Gasteiger partial charge is 0.255 e. The van der Waals surface area contributed by atoms with Crippen molar-refractivity contribution >= 4 is 5.91 Å². The van der Waals surface area contributed by atoms with Gasteiger partial charge in [-0.15, -0.1) is 0 Å². The SMILES string of the molecule is O=C(NCC(F)F)C1=CCOCC1. The van der Waals surface area contributed by atoms with Gasteiger partial charge < -0.3 is 10.1 Å². The fraction of sp³-hybridized carbons (Fsp3) is 0.625. The summed E-state index contributed by atoms with van der Waals surface area (Å²) in [6.07, 6.45) is -0.385. The summed E-state index contributed by atoms with van der Waals surface area (Å²) in [5.41, 5.74) is 0.534. The molecule has 1 aliphatic rings. The molecule has 5 heteroatoms. The summed E-state index contributed by atoms with van der Waals surface area (Å²) < 4.78 is 28.4. The molecular weight excluding hydrogens is 180 g/mol. The van der Waals surface area contributed by atoms with Crippen LogP contribution >= 0.6 is 0 Å². The molecule has 0 spiro atoms. The van der Waals surface area contributed by atoms with Crippen molar-refractivity contribution in [1.82, 2.24) is 5.32 Å². The number of rotatable bonds is 3. The maximum atomic E-state index is 11.7. The molecule has 0 fully saturated rings. The second-order valence-electron chi connectivity index (χ2n) is 2.66. The van der Waals surface area contributed by atoms with Gasteiger partial charge in [-0.2, -0.15) is 0 Å². The van der Waals surface area contributed by atoms with Crippen molar-refractivity contribution in [2.45, 2.75) is 12.8 Å². The third-order valence-electron chi connectivity index (χ3n) is 1.67. The Kier molecular flexibility index (Phi) is 3.82. The van der Waals surface area contributed by atoms with Crippen molar-refractivity contribution in [2.75, 3.05) is 19.8 Å². The highest BCUT2D eigenvalue weighted by Crippen LogP contribution is 2.07. The molecule has 0 aromatic heterocycles. The van der Waals surface area contributed by atoms with Crippen molar-refractivity contribution in [2.24, 2.45) is 0 Å². The first-order valence-corrected chi connectivity index (χ1v) is 4.03. The number of hydrogen-bond donors (Lipinski definition) is 1. The number of carbonyl (C=O) groups is 1. The molecule has 0 aromatic rings. The molecule has 74 valence electrons. The van der Waals surface area contributed by atoms with Crippen LogP contribution in [0.3, 0.4) is 0 Å². The molecule has 1 heterocycles. The molecule has 1 aliphatic heterocycles. The van der Waals surface area contributed by atoms with E-state index in [4.69, 9.17) is 4.74 Å². The Labute approximate surface area is 74.8 Å². The van der Waals surface area contributed by atoms with Gasteiger partial charge in [0.25, 0.3) is 6.43 Å². The minimum Gasteiger partial charge on any atom is -0.377 e. The molecule has 1 rings (SSSR count). The van der Waals surface area contributed by atoms with E-state index in [1.807, 2.05) is 0 Å². The number of nitrogens with one attached hydrogen (secondary N) is 1. The van der Waals surface area contributed by atoms with Gasteiger partial charge in [-0.3, -0.25) is 4.79 Å². The predicted octanol–water partition coefficient (Wildman–Crippen LogP) is 0.714. The highest BCUT2D eigenvalue weighted by Gasteiger charge is 2.13. The van der Waals surface area contributed by atoms with Crippen molar-refractivity contribution in [3.05, 3.63) is 11.6 Å². The Morgan fingerprint density at radius 2 is 2.46 bits per heavy atom. The largest absolute Gasteiger partial charge is 0.377 e. The van der Waals surface area contributed by atoms with Crippen LogP contribution in [0.25, 0.3) is 0 Å². The van der Waals surface area contributed by atoms with Crippen LogP contribution in [0.1, 0.15) is 6.42 Å². The number of ether oxygens (including phenoxy) is 1. The van der Waals surface area contributed by atoms with E-state index in [1.54, 1.807) is 6.08 Å². The van der Waals surface area contributed by atoms with Gasteiger partial charge in [0.05, 0.1) is 19.8 Å². The van der Waals surface area contributed by atoms with Crippen LogP contribution < -0.4 is 5.32 Å². The summed E-state index contributed by atoms with van der Waals surface area (Å²) in [5, 5.41) is 2.14. The topological polar surface area (TPSA) is 38.3 Å². The van der Waals surface area contributed by atoms with Crippen molar-refractivity contribution < 1.29 is 18.3 Å². The van der Waals surface area contributed by atoms with Crippen LogP contribution in [0, 0.1) is 0 Å². The standard InChI is InChI=1S/C8H11F2NO2/c9-7(10)5-11-8(12)6-1-3-13-4-2-6/h1,7H,2-5H2,(H,11,12). The first-order chi connectivity index (χ1) is 6.20. The molecular formula is C8H11F2NO2. The van der Waals surface area contributed by atoms with Gasteiger partial charge >= 0.3 is 0 Å². The monoisotopic (exact) mass is 191 g/mol. The van der Waals surface area contributed by atoms with E-state index in [2.05, 4.69) is 5.32 Å². The maximum Gasteiger partial charge on any atom is 0.255 e. The van der Waals surface area contributed by atoms with E-state index in [1.165, 1.54) is 0 Å². The minimum atomic E-state index is -2.50. The van der Waals surface area contributed by atoms with E-state index in [0.717, 1.165) is 0 Å². The lowest BCUT2D eigenvalue weighted by molar-refractivity contribution is -0.118. The van der Waals surface area contributed by atoms with Gasteiger partial charge in [-0.1, -0.05) is 6.08 Å². The second kappa shape index (κ2) is 4.91. The lowest BCUT2D eigenvalue weighted by Gasteiger charge is -2.12. The van der Waals surface area contributed by atoms with Crippen LogP contribution in [0.5, 0.6) is 0 Å². The van der Waals surface area contributed by atoms with Gasteiger partial charge in [0.1, 0.15) is 0 Å². The zero-order valence-corrected chi connectivity index (χ0v) is 7.06. The van der Waals surface area contributed by atoms with E-state index in [9.17, 15) is 13.6 Å². The average molecular weight is 191 g/mol. The van der Waals surface area contributed by atoms with Crippen molar-refractivity contribution in [1.29, 1.82) is 0 Å². The average Bonchev–Trinajstić information content (AvgIpc) is 2.15. The fourth-order valence-electron chi connectivity index (χ4n) is 1.02. The lowest BCUT2D eigenvalue weighted by atomic mass is 10.1. The zero-order valence-electron chi connectivity index (χ0n) is 7.06. The van der Waals surface area contributed by atoms with E-state index >= 15 is 0 Å². The Morgan fingerprint density at radius 3 is 3.00 bits per heavy atom. The molecule has 0 saturated carbocycles. The van der Waals surface area contributed by atoms with Crippen LogP contribution in [-0.2, 0) is 9.53 Å². The van der Waals surface area contributed by atoms with E-state index in [0.29, 0.717) is 25.2 Å². The fourth-order valence-corrected chi connectivity index (χ4v) is 1.02. The molecule has 13 heavy (non-hydrogen) atoms. The third-order valence-corrected chi connectivity index (χ3v) is 1.67. The van der Waals surface area contributed by atoms with Crippen LogP contribution in [0.2, 0.25) is 0 Å². The maximum absolute atomic E-state index is 11.7. The molecule has 0 aliphatic carbocycles. The first kappa shape index (κ1) is 10.1. The lowest BCUT2D eigenvalue weighted by Crippen LogP contribution is -2.31. The highest BCUT2D eigenvalue weighted by molar-refractivity contribution is 5.93. The molecule has 0 radical (unpaired) electrons. The normalized spacial score (nSPS) is 17.0. The Balaban J connectivity index is 2.34. The second-order valence-corrected chi connectivity index (χ2v) is 2.66. The molecule has 0 aromatic carbocycles. The Hall–Kier alpha value is -0.970. The quantitative estimate of drug-likeness (QED) is 0.713. The summed E-state index contributed by atoms with van der Waals surface area (Å²) in [7, 11) is 0. The third kappa shape index (κ3) is 3.50. The molecule has 3 nitrogen and oxygen atoms in total. The molecule has 0 atom stereocenters. The molecule has 1 N–H and O–H groups in total. The highest BCUT2D eigenvalue weighted by atomic mass is 19.3. The van der Waals surface area contributed by atoms with Gasteiger partial charge in [0, 0.05) is 12.0 Å². The first-order valence-electron chi connectivity index (χ1n) is 4.03. The summed E-state index contributed by atoms with van der Waals surface area (Å²) in [4.78, 5) is 11.1. The minimum absolute atomic E-state index is 0.386. The van der Waals surface area contributed by atoms with Gasteiger partial charge in [0.15, 0.2) is 0 Å². The van der Waals surface area contributed by atoms with Crippen molar-refractivity contribution in [3.63, 3.8) is 0 Å². The number of hydrogen-bond acceptors (Lipinski definition) is 2. The number of alkyl halides is 2. The van der Waals surface area contributed by atoms with Crippen molar-refractivity contribution in [3.8, 4) is 0 Å².